The molecule has 2 fully saturated rings. The van der Waals surface area contributed by atoms with Crippen LogP contribution in [0.2, 0.25) is 0 Å². The van der Waals surface area contributed by atoms with Gasteiger partial charge in [0.2, 0.25) is 10.0 Å². The molecule has 0 bridgehead atoms. The van der Waals surface area contributed by atoms with Crippen LogP contribution in [0.25, 0.3) is 0 Å². The Morgan fingerprint density at radius 3 is 2.49 bits per heavy atom. The molecule has 216 valence electrons. The van der Waals surface area contributed by atoms with E-state index in [0.29, 0.717) is 24.9 Å². The van der Waals surface area contributed by atoms with E-state index in [1.165, 1.54) is 54.8 Å². The fourth-order valence-corrected chi connectivity index (χ4v) is 7.79. The summed E-state index contributed by atoms with van der Waals surface area (Å²) in [6, 6.07) is 20.7. The van der Waals surface area contributed by atoms with E-state index >= 15 is 0 Å². The Labute approximate surface area is 239 Å². The summed E-state index contributed by atoms with van der Waals surface area (Å²) in [6.45, 7) is 4.60. The van der Waals surface area contributed by atoms with Crippen molar-refractivity contribution < 1.29 is 26.7 Å². The van der Waals surface area contributed by atoms with Crippen LogP contribution in [0.15, 0.2) is 71.6 Å². The fourth-order valence-electron chi connectivity index (χ4n) is 6.55. The first kappa shape index (κ1) is 26.7. The van der Waals surface area contributed by atoms with E-state index in [1.54, 1.807) is 0 Å². The highest BCUT2D eigenvalue weighted by atomic mass is 32.2. The van der Waals surface area contributed by atoms with Gasteiger partial charge in [-0.3, -0.25) is 0 Å². The molecular weight excluding hydrogens is 548 g/mol. The molecule has 7 rings (SSSR count). The van der Waals surface area contributed by atoms with Crippen LogP contribution in [0.1, 0.15) is 35.4 Å². The zero-order valence-corrected chi connectivity index (χ0v) is 23.5. The molecule has 0 radical (unpaired) electrons. The summed E-state index contributed by atoms with van der Waals surface area (Å²) < 4.78 is 64.2. The van der Waals surface area contributed by atoms with E-state index in [0.717, 1.165) is 31.1 Å². The number of alkyl halides is 2. The molecule has 0 aromatic heterocycles. The summed E-state index contributed by atoms with van der Waals surface area (Å²) in [5, 5.41) is 0. The van der Waals surface area contributed by atoms with Crippen molar-refractivity contribution in [2.75, 3.05) is 37.6 Å². The standard InChI is InChI=1S/C31H33F2N3O4S/c32-31(33)39-29-12-11-26(17-30(29)40-31)41(37,38)34-24-19-36(20-24)25-10-9-22-7-8-23(18-35-13-4-14-35)27(28(22)16-25)15-21-5-2-1-3-6-21/h1-3,5-6,9-12,16-17,23-24,27,34H,4,7-8,13-15,18-20H2. The number of benzene rings is 3. The van der Waals surface area contributed by atoms with Gasteiger partial charge in [-0.05, 0) is 91.6 Å². The van der Waals surface area contributed by atoms with Gasteiger partial charge in [0.25, 0.3) is 0 Å². The van der Waals surface area contributed by atoms with Crippen LogP contribution in [-0.2, 0) is 22.9 Å². The van der Waals surface area contributed by atoms with Crippen LogP contribution in [-0.4, -0.2) is 58.4 Å². The van der Waals surface area contributed by atoms with Crippen molar-refractivity contribution in [3.05, 3.63) is 83.4 Å². The minimum absolute atomic E-state index is 0.137. The van der Waals surface area contributed by atoms with Crippen LogP contribution < -0.4 is 19.1 Å². The van der Waals surface area contributed by atoms with E-state index in [1.807, 2.05) is 0 Å². The maximum absolute atomic E-state index is 13.4. The molecule has 2 saturated heterocycles. The van der Waals surface area contributed by atoms with Gasteiger partial charge in [0.15, 0.2) is 11.5 Å². The lowest BCUT2D eigenvalue weighted by Crippen LogP contribution is -2.59. The number of nitrogens with zero attached hydrogens (tertiary/aromatic N) is 2. The van der Waals surface area contributed by atoms with Crippen LogP contribution in [0.4, 0.5) is 14.5 Å². The first-order valence-corrected chi connectivity index (χ1v) is 15.8. The highest BCUT2D eigenvalue weighted by molar-refractivity contribution is 7.89. The van der Waals surface area contributed by atoms with E-state index in [2.05, 4.69) is 72.5 Å². The number of halogens is 2. The molecule has 7 nitrogen and oxygen atoms in total. The van der Waals surface area contributed by atoms with E-state index < -0.39 is 16.3 Å². The Morgan fingerprint density at radius 1 is 0.951 bits per heavy atom. The Balaban J connectivity index is 1.05. The molecule has 4 aliphatic rings. The monoisotopic (exact) mass is 581 g/mol. The van der Waals surface area contributed by atoms with Crippen molar-refractivity contribution in [3.63, 3.8) is 0 Å². The van der Waals surface area contributed by atoms with Gasteiger partial charge in [-0.2, -0.15) is 0 Å². The van der Waals surface area contributed by atoms with Crippen molar-refractivity contribution in [1.82, 2.24) is 9.62 Å². The first-order chi connectivity index (χ1) is 19.7. The molecule has 0 amide bonds. The average Bonchev–Trinajstić information content (AvgIpc) is 3.22. The summed E-state index contributed by atoms with van der Waals surface area (Å²) in [6.07, 6.45) is 0.798. The minimum atomic E-state index is -3.92. The average molecular weight is 582 g/mol. The lowest BCUT2D eigenvalue weighted by atomic mass is 9.72. The topological polar surface area (TPSA) is 71.1 Å². The number of ether oxygens (including phenoxy) is 2. The van der Waals surface area contributed by atoms with Gasteiger partial charge in [-0.1, -0.05) is 36.4 Å². The van der Waals surface area contributed by atoms with Gasteiger partial charge in [0, 0.05) is 31.4 Å². The smallest absolute Gasteiger partial charge is 0.395 e. The number of hydrogen-bond acceptors (Lipinski definition) is 6. The Bertz CT molecular complexity index is 1540. The lowest BCUT2D eigenvalue weighted by Gasteiger charge is -2.43. The second-order valence-corrected chi connectivity index (χ2v) is 13.3. The molecule has 3 aromatic carbocycles. The minimum Gasteiger partial charge on any atom is -0.395 e. The molecule has 1 aliphatic carbocycles. The summed E-state index contributed by atoms with van der Waals surface area (Å²) in [7, 11) is -3.92. The van der Waals surface area contributed by atoms with Gasteiger partial charge in [-0.15, -0.1) is 8.78 Å². The zero-order valence-electron chi connectivity index (χ0n) is 22.6. The summed E-state index contributed by atoms with van der Waals surface area (Å²) in [5.74, 6) is 0.569. The summed E-state index contributed by atoms with van der Waals surface area (Å²) in [5.41, 5.74) is 5.30. The number of hydrogen-bond donors (Lipinski definition) is 1. The number of likely N-dealkylation sites (tertiary alicyclic amines) is 1. The number of anilines is 1. The summed E-state index contributed by atoms with van der Waals surface area (Å²) in [4.78, 5) is 4.63. The molecule has 3 heterocycles. The van der Waals surface area contributed by atoms with Crippen LogP contribution in [0, 0.1) is 5.92 Å². The van der Waals surface area contributed by atoms with E-state index in [-0.39, 0.29) is 22.4 Å². The highest BCUT2D eigenvalue weighted by Gasteiger charge is 2.44. The molecular formula is C31H33F2N3O4S. The molecule has 0 spiro atoms. The molecule has 41 heavy (non-hydrogen) atoms. The molecule has 3 aliphatic heterocycles. The quantitative estimate of drug-likeness (QED) is 0.414. The second kappa shape index (κ2) is 10.3. The number of fused-ring (bicyclic) bond motifs is 2. The number of rotatable bonds is 8. The Hall–Kier alpha value is -3.21. The van der Waals surface area contributed by atoms with Crippen molar-refractivity contribution in [1.29, 1.82) is 0 Å². The fraction of sp³-hybridized carbons (Fsp3) is 0.419. The maximum atomic E-state index is 13.4. The first-order valence-electron chi connectivity index (χ1n) is 14.3. The van der Waals surface area contributed by atoms with Crippen LogP contribution >= 0.6 is 0 Å². The predicted octanol–water partition coefficient (Wildman–Crippen LogP) is 4.77. The van der Waals surface area contributed by atoms with Gasteiger partial charge in [0.1, 0.15) is 0 Å². The van der Waals surface area contributed by atoms with Crippen molar-refractivity contribution in [2.45, 2.75) is 48.8 Å². The predicted molar refractivity (Wildman–Crippen MR) is 151 cm³/mol. The number of nitrogens with one attached hydrogen (secondary N) is 1. The van der Waals surface area contributed by atoms with E-state index in [9.17, 15) is 17.2 Å². The van der Waals surface area contributed by atoms with Gasteiger partial charge in [-0.25, -0.2) is 13.1 Å². The third-order valence-corrected chi connectivity index (χ3v) is 10.4. The number of sulfonamides is 1. The Morgan fingerprint density at radius 2 is 1.73 bits per heavy atom. The van der Waals surface area contributed by atoms with Gasteiger partial charge in [0.05, 0.1) is 10.9 Å². The van der Waals surface area contributed by atoms with Gasteiger partial charge < -0.3 is 19.3 Å². The van der Waals surface area contributed by atoms with Crippen molar-refractivity contribution >= 4 is 15.7 Å². The maximum Gasteiger partial charge on any atom is 0.586 e. The molecule has 2 atom stereocenters. The van der Waals surface area contributed by atoms with Crippen LogP contribution in [0.5, 0.6) is 11.5 Å². The van der Waals surface area contributed by atoms with Crippen molar-refractivity contribution in [3.8, 4) is 11.5 Å². The van der Waals surface area contributed by atoms with Gasteiger partial charge >= 0.3 is 6.29 Å². The third kappa shape index (κ3) is 5.40. The molecule has 1 N–H and O–H groups in total. The van der Waals surface area contributed by atoms with Crippen LogP contribution in [0.3, 0.4) is 0 Å². The molecule has 10 heteroatoms. The van der Waals surface area contributed by atoms with E-state index in [4.69, 9.17) is 0 Å². The largest absolute Gasteiger partial charge is 0.586 e. The second-order valence-electron chi connectivity index (χ2n) is 11.6. The molecule has 2 unspecified atom stereocenters. The molecule has 3 aromatic rings. The summed E-state index contributed by atoms with van der Waals surface area (Å²) >= 11 is 0. The Kier molecular flexibility index (Phi) is 6.67. The third-order valence-electron chi connectivity index (χ3n) is 8.87. The SMILES string of the molecule is O=S(=O)(NC1CN(c2ccc3c(c2)C(Cc2ccccc2)C(CN2CCC2)CC3)C1)c1ccc2c(c1)OC(F)(F)O2. The zero-order chi connectivity index (χ0) is 28.2. The lowest BCUT2D eigenvalue weighted by molar-refractivity contribution is -0.286. The highest BCUT2D eigenvalue weighted by Crippen LogP contribution is 2.43. The number of aryl methyl sites for hydroxylation is 1. The normalized spacial score (nSPS) is 23.5. The molecule has 0 saturated carbocycles. The van der Waals surface area contributed by atoms with Crippen molar-refractivity contribution in [2.24, 2.45) is 5.92 Å².